The second kappa shape index (κ2) is 12.3. The van der Waals surface area contributed by atoms with Crippen LogP contribution in [0.1, 0.15) is 52.4 Å². The van der Waals surface area contributed by atoms with Crippen LogP contribution in [0.25, 0.3) is 0 Å². The second-order valence-corrected chi connectivity index (χ2v) is 7.26. The van der Waals surface area contributed by atoms with Crippen molar-refractivity contribution in [2.45, 2.75) is 64.5 Å². The Hall–Kier alpha value is -0.0800. The number of hydrogen-bond acceptors (Lipinski definition) is 3. The molecule has 24 heavy (non-hydrogen) atoms. The third-order valence-corrected chi connectivity index (χ3v) is 4.79. The predicted molar refractivity (Wildman–Crippen MR) is 112 cm³/mol. The van der Waals surface area contributed by atoms with Crippen molar-refractivity contribution in [3.63, 3.8) is 0 Å². The third kappa shape index (κ3) is 9.42. The third-order valence-electron chi connectivity index (χ3n) is 4.79. The maximum Gasteiger partial charge on any atom is 0.191 e. The molecule has 2 rings (SSSR count). The summed E-state index contributed by atoms with van der Waals surface area (Å²) in [5.74, 6) is 2.00. The van der Waals surface area contributed by atoms with Crippen molar-refractivity contribution in [3.05, 3.63) is 0 Å². The molecule has 2 N–H and O–H groups in total. The Morgan fingerprint density at radius 3 is 2.50 bits per heavy atom. The summed E-state index contributed by atoms with van der Waals surface area (Å²) in [5.41, 5.74) is 0. The van der Waals surface area contributed by atoms with E-state index in [1.165, 1.54) is 38.5 Å². The summed E-state index contributed by atoms with van der Waals surface area (Å²) < 4.78 is 5.64. The van der Waals surface area contributed by atoms with Crippen LogP contribution in [-0.4, -0.2) is 62.8 Å². The molecule has 0 amide bonds. The number of nitrogens with one attached hydrogen (secondary N) is 2. The van der Waals surface area contributed by atoms with Crippen molar-refractivity contribution in [2.75, 3.05) is 39.8 Å². The molecule has 0 aromatic carbocycles. The van der Waals surface area contributed by atoms with Crippen molar-refractivity contribution >= 4 is 29.9 Å². The van der Waals surface area contributed by atoms with E-state index in [4.69, 9.17) is 4.74 Å². The fourth-order valence-electron chi connectivity index (χ4n) is 3.11. The number of hydrogen-bond donors (Lipinski definition) is 2. The van der Waals surface area contributed by atoms with Gasteiger partial charge >= 0.3 is 0 Å². The van der Waals surface area contributed by atoms with Gasteiger partial charge in [-0.25, -0.2) is 0 Å². The van der Waals surface area contributed by atoms with Crippen LogP contribution in [0, 0.1) is 5.92 Å². The first-order valence-corrected chi connectivity index (χ1v) is 9.48. The lowest BCUT2D eigenvalue weighted by Crippen LogP contribution is -2.49. The Morgan fingerprint density at radius 1 is 1.21 bits per heavy atom. The van der Waals surface area contributed by atoms with Crippen LogP contribution < -0.4 is 10.6 Å². The van der Waals surface area contributed by atoms with Gasteiger partial charge in [0.05, 0.1) is 12.7 Å². The number of rotatable bonds is 9. The van der Waals surface area contributed by atoms with Gasteiger partial charge in [-0.3, -0.25) is 4.99 Å². The lowest BCUT2D eigenvalue weighted by Gasteiger charge is -2.33. The van der Waals surface area contributed by atoms with E-state index in [1.54, 1.807) is 0 Å². The van der Waals surface area contributed by atoms with Crippen LogP contribution in [0.15, 0.2) is 4.99 Å². The van der Waals surface area contributed by atoms with Crippen molar-refractivity contribution in [1.29, 1.82) is 0 Å². The minimum atomic E-state index is 0. The SMILES string of the molecule is CN=C(NCCCC1CC1)NC1CCN(CCOC(C)C)CC1.I. The summed E-state index contributed by atoms with van der Waals surface area (Å²) in [4.78, 5) is 6.87. The minimum Gasteiger partial charge on any atom is -0.377 e. The van der Waals surface area contributed by atoms with E-state index in [2.05, 4.69) is 34.4 Å². The highest BCUT2D eigenvalue weighted by atomic mass is 127. The molecule has 0 aromatic heterocycles. The van der Waals surface area contributed by atoms with Gasteiger partial charge in [0.15, 0.2) is 5.96 Å². The summed E-state index contributed by atoms with van der Waals surface area (Å²) >= 11 is 0. The Balaban J connectivity index is 0.00000288. The molecule has 5 nitrogen and oxygen atoms in total. The van der Waals surface area contributed by atoms with Gasteiger partial charge in [-0.15, -0.1) is 24.0 Å². The summed E-state index contributed by atoms with van der Waals surface area (Å²) in [6.07, 6.45) is 8.25. The molecule has 0 unspecified atom stereocenters. The molecule has 0 aromatic rings. The molecule has 1 saturated heterocycles. The molecular weight excluding hydrogens is 415 g/mol. The topological polar surface area (TPSA) is 48.9 Å². The van der Waals surface area contributed by atoms with E-state index in [0.29, 0.717) is 12.1 Å². The summed E-state index contributed by atoms with van der Waals surface area (Å²) in [6, 6.07) is 0.548. The highest BCUT2D eigenvalue weighted by Gasteiger charge is 2.21. The quantitative estimate of drug-likeness (QED) is 0.245. The Kier molecular flexibility index (Phi) is 11.3. The smallest absolute Gasteiger partial charge is 0.191 e. The summed E-state index contributed by atoms with van der Waals surface area (Å²) in [5, 5.41) is 7.05. The van der Waals surface area contributed by atoms with Crippen LogP contribution in [0.3, 0.4) is 0 Å². The number of ether oxygens (including phenoxy) is 1. The Labute approximate surface area is 165 Å². The highest BCUT2D eigenvalue weighted by Crippen LogP contribution is 2.33. The predicted octanol–water partition coefficient (Wildman–Crippen LogP) is 2.85. The molecule has 6 heteroatoms. The average Bonchev–Trinajstić information content (AvgIpc) is 3.36. The standard InChI is InChI=1S/C18H36N4O.HI/c1-15(2)23-14-13-22-11-8-17(9-12-22)21-18(19-3)20-10-4-5-16-6-7-16;/h15-17H,4-14H2,1-3H3,(H2,19,20,21);1H. The zero-order valence-corrected chi connectivity index (χ0v) is 18.1. The van der Waals surface area contributed by atoms with Gasteiger partial charge in [0.25, 0.3) is 0 Å². The number of halogens is 1. The maximum atomic E-state index is 5.64. The van der Waals surface area contributed by atoms with E-state index in [0.717, 1.165) is 44.7 Å². The van der Waals surface area contributed by atoms with Crippen molar-refractivity contribution in [1.82, 2.24) is 15.5 Å². The van der Waals surface area contributed by atoms with Gasteiger partial charge in [-0.1, -0.05) is 12.8 Å². The van der Waals surface area contributed by atoms with Crippen LogP contribution in [-0.2, 0) is 4.74 Å². The molecule has 0 atom stereocenters. The number of guanidine groups is 1. The average molecular weight is 452 g/mol. The summed E-state index contributed by atoms with van der Waals surface area (Å²) in [7, 11) is 1.87. The molecule has 142 valence electrons. The van der Waals surface area contributed by atoms with Crippen LogP contribution in [0.4, 0.5) is 0 Å². The highest BCUT2D eigenvalue weighted by molar-refractivity contribution is 14.0. The number of piperidine rings is 1. The van der Waals surface area contributed by atoms with Gasteiger partial charge in [-0.05, 0) is 45.4 Å². The zero-order chi connectivity index (χ0) is 16.5. The number of aliphatic imine (C=N–C) groups is 1. The molecule has 0 spiro atoms. The molecule has 2 aliphatic rings. The number of nitrogens with zero attached hydrogens (tertiary/aromatic N) is 2. The van der Waals surface area contributed by atoms with Crippen LogP contribution in [0.2, 0.25) is 0 Å². The van der Waals surface area contributed by atoms with E-state index < -0.39 is 0 Å². The molecule has 2 fully saturated rings. The molecule has 1 aliphatic carbocycles. The van der Waals surface area contributed by atoms with Gasteiger partial charge in [0.1, 0.15) is 0 Å². The first-order valence-electron chi connectivity index (χ1n) is 9.48. The molecule has 1 aliphatic heterocycles. The molecule has 0 radical (unpaired) electrons. The lowest BCUT2D eigenvalue weighted by atomic mass is 10.1. The maximum absolute atomic E-state index is 5.64. The first kappa shape index (κ1) is 22.0. The monoisotopic (exact) mass is 452 g/mol. The molecule has 1 heterocycles. The molecule has 1 saturated carbocycles. The second-order valence-electron chi connectivity index (χ2n) is 7.26. The molecule has 0 bridgehead atoms. The van der Waals surface area contributed by atoms with E-state index in [9.17, 15) is 0 Å². The minimum absolute atomic E-state index is 0. The Bertz CT molecular complexity index is 353. The molecular formula is C18H37IN4O. The number of likely N-dealkylation sites (tertiary alicyclic amines) is 1. The van der Waals surface area contributed by atoms with Gasteiger partial charge < -0.3 is 20.3 Å². The van der Waals surface area contributed by atoms with Gasteiger partial charge in [0.2, 0.25) is 0 Å². The normalized spacial score (nSPS) is 20.1. The summed E-state index contributed by atoms with van der Waals surface area (Å²) in [6.45, 7) is 9.44. The lowest BCUT2D eigenvalue weighted by molar-refractivity contribution is 0.0532. The zero-order valence-electron chi connectivity index (χ0n) is 15.7. The van der Waals surface area contributed by atoms with Crippen LogP contribution >= 0.6 is 24.0 Å². The van der Waals surface area contributed by atoms with Crippen molar-refractivity contribution in [2.24, 2.45) is 10.9 Å². The van der Waals surface area contributed by atoms with Gasteiger partial charge in [0, 0.05) is 39.3 Å². The van der Waals surface area contributed by atoms with Gasteiger partial charge in [-0.2, -0.15) is 0 Å². The van der Waals surface area contributed by atoms with E-state index >= 15 is 0 Å². The van der Waals surface area contributed by atoms with Crippen molar-refractivity contribution < 1.29 is 4.74 Å². The fourth-order valence-corrected chi connectivity index (χ4v) is 3.11. The first-order chi connectivity index (χ1) is 11.2. The van der Waals surface area contributed by atoms with E-state index in [1.807, 2.05) is 7.05 Å². The van der Waals surface area contributed by atoms with Crippen molar-refractivity contribution in [3.8, 4) is 0 Å². The van der Waals surface area contributed by atoms with Crippen LogP contribution in [0.5, 0.6) is 0 Å². The fraction of sp³-hybridized carbons (Fsp3) is 0.944. The largest absolute Gasteiger partial charge is 0.377 e. The Morgan fingerprint density at radius 2 is 1.92 bits per heavy atom. The van der Waals surface area contributed by atoms with E-state index in [-0.39, 0.29) is 24.0 Å².